The first-order valence-corrected chi connectivity index (χ1v) is 11.7. The van der Waals surface area contributed by atoms with Gasteiger partial charge in [0.25, 0.3) is 15.9 Å². The van der Waals surface area contributed by atoms with E-state index < -0.39 is 10.0 Å². The predicted molar refractivity (Wildman–Crippen MR) is 126 cm³/mol. The number of anilines is 2. The Bertz CT molecular complexity index is 1270. The summed E-state index contributed by atoms with van der Waals surface area (Å²) in [5, 5.41) is 0. The van der Waals surface area contributed by atoms with E-state index >= 15 is 0 Å². The summed E-state index contributed by atoms with van der Waals surface area (Å²) in [5.74, 6) is 0.207. The summed E-state index contributed by atoms with van der Waals surface area (Å²) < 4.78 is 33.8. The number of hydrogen-bond donors (Lipinski definition) is 0. The first kappa shape index (κ1) is 21.6. The molecule has 4 rings (SSSR count). The molecule has 7 heteroatoms. The first-order valence-electron chi connectivity index (χ1n) is 10.2. The number of carbonyl (C=O) groups is 1. The standard InChI is InChI=1S/C25H24N2O4S/c1-3-16-27(23-13-6-7-14-24(23)31-2)32(29,30)21-11-8-10-20(18-21)25(28)26-17-15-19-9-4-5-12-22(19)26/h3-14,18H,1,15-17H2,2H3. The summed E-state index contributed by atoms with van der Waals surface area (Å²) in [6.45, 7) is 4.32. The lowest BCUT2D eigenvalue weighted by Gasteiger charge is -2.25. The highest BCUT2D eigenvalue weighted by Crippen LogP contribution is 2.33. The highest BCUT2D eigenvalue weighted by molar-refractivity contribution is 7.92. The van der Waals surface area contributed by atoms with E-state index in [0.29, 0.717) is 23.5 Å². The number of benzene rings is 3. The molecule has 164 valence electrons. The zero-order valence-electron chi connectivity index (χ0n) is 17.8. The van der Waals surface area contributed by atoms with Crippen molar-refractivity contribution < 1.29 is 17.9 Å². The molecule has 6 nitrogen and oxygen atoms in total. The minimum atomic E-state index is -3.98. The van der Waals surface area contributed by atoms with Crippen molar-refractivity contribution in [3.05, 3.63) is 96.6 Å². The minimum Gasteiger partial charge on any atom is -0.495 e. The van der Waals surface area contributed by atoms with E-state index in [-0.39, 0.29) is 17.3 Å². The van der Waals surface area contributed by atoms with Crippen LogP contribution in [0, 0.1) is 0 Å². The molecule has 0 aliphatic carbocycles. The summed E-state index contributed by atoms with van der Waals surface area (Å²) in [6.07, 6.45) is 2.29. The van der Waals surface area contributed by atoms with Crippen molar-refractivity contribution in [2.75, 3.05) is 29.4 Å². The van der Waals surface area contributed by atoms with Crippen molar-refractivity contribution in [1.29, 1.82) is 0 Å². The van der Waals surface area contributed by atoms with Crippen LogP contribution < -0.4 is 13.9 Å². The lowest BCUT2D eigenvalue weighted by molar-refractivity contribution is 0.0989. The van der Waals surface area contributed by atoms with Crippen LogP contribution >= 0.6 is 0 Å². The number of amides is 1. The van der Waals surface area contributed by atoms with Crippen LogP contribution in [0.1, 0.15) is 15.9 Å². The minimum absolute atomic E-state index is 0.0311. The van der Waals surface area contributed by atoms with Gasteiger partial charge < -0.3 is 9.64 Å². The summed E-state index contributed by atoms with van der Waals surface area (Å²) in [5.41, 5.74) is 2.70. The van der Waals surface area contributed by atoms with Crippen LogP contribution in [0.5, 0.6) is 5.75 Å². The molecule has 32 heavy (non-hydrogen) atoms. The number of para-hydroxylation sites is 3. The van der Waals surface area contributed by atoms with Gasteiger partial charge in [-0.25, -0.2) is 8.42 Å². The summed E-state index contributed by atoms with van der Waals surface area (Å²) in [6, 6.07) is 20.8. The van der Waals surface area contributed by atoms with Gasteiger partial charge in [-0.1, -0.05) is 42.5 Å². The van der Waals surface area contributed by atoms with E-state index in [9.17, 15) is 13.2 Å². The molecular weight excluding hydrogens is 424 g/mol. The van der Waals surface area contributed by atoms with Crippen molar-refractivity contribution in [2.24, 2.45) is 0 Å². The second-order valence-corrected chi connectivity index (χ2v) is 9.22. The van der Waals surface area contributed by atoms with E-state index in [1.54, 1.807) is 41.3 Å². The predicted octanol–water partition coefficient (Wildman–Crippen LogP) is 4.28. The van der Waals surface area contributed by atoms with Gasteiger partial charge in [-0.2, -0.15) is 0 Å². The quantitative estimate of drug-likeness (QED) is 0.506. The maximum Gasteiger partial charge on any atom is 0.264 e. The molecule has 0 saturated carbocycles. The Balaban J connectivity index is 1.71. The van der Waals surface area contributed by atoms with Crippen LogP contribution in [0.15, 0.2) is 90.3 Å². The maximum absolute atomic E-state index is 13.6. The maximum atomic E-state index is 13.6. The Kier molecular flexibility index (Phi) is 6.01. The monoisotopic (exact) mass is 448 g/mol. The lowest BCUT2D eigenvalue weighted by atomic mass is 10.1. The first-order chi connectivity index (χ1) is 15.5. The molecule has 1 aliphatic heterocycles. The number of methoxy groups -OCH3 is 1. The molecule has 1 heterocycles. The van der Waals surface area contributed by atoms with Gasteiger partial charge >= 0.3 is 0 Å². The Morgan fingerprint density at radius 1 is 1.09 bits per heavy atom. The van der Waals surface area contributed by atoms with E-state index in [2.05, 4.69) is 6.58 Å². The number of rotatable bonds is 7. The number of carbonyl (C=O) groups excluding carboxylic acids is 1. The highest BCUT2D eigenvalue weighted by Gasteiger charge is 2.29. The SMILES string of the molecule is C=CCN(c1ccccc1OC)S(=O)(=O)c1cccc(C(=O)N2CCc3ccccc32)c1. The third-order valence-electron chi connectivity index (χ3n) is 5.45. The molecule has 3 aromatic carbocycles. The van der Waals surface area contributed by atoms with Crippen LogP contribution in [-0.4, -0.2) is 34.5 Å². The van der Waals surface area contributed by atoms with Crippen LogP contribution in [0.25, 0.3) is 0 Å². The van der Waals surface area contributed by atoms with Gasteiger partial charge in [0.1, 0.15) is 5.75 Å². The van der Waals surface area contributed by atoms with Gasteiger partial charge in [0.2, 0.25) is 0 Å². The second kappa shape index (κ2) is 8.88. The average molecular weight is 449 g/mol. The smallest absolute Gasteiger partial charge is 0.264 e. The Morgan fingerprint density at radius 2 is 1.84 bits per heavy atom. The third kappa shape index (κ3) is 3.87. The van der Waals surface area contributed by atoms with Crippen molar-refractivity contribution >= 4 is 27.3 Å². The second-order valence-electron chi connectivity index (χ2n) is 7.36. The molecule has 0 atom stereocenters. The molecular formula is C25H24N2O4S. The number of fused-ring (bicyclic) bond motifs is 1. The van der Waals surface area contributed by atoms with E-state index in [0.717, 1.165) is 17.7 Å². The van der Waals surface area contributed by atoms with Gasteiger partial charge in [-0.05, 0) is 48.4 Å². The third-order valence-corrected chi connectivity index (χ3v) is 7.23. The van der Waals surface area contributed by atoms with Gasteiger partial charge in [-0.15, -0.1) is 6.58 Å². The largest absolute Gasteiger partial charge is 0.495 e. The number of hydrogen-bond acceptors (Lipinski definition) is 4. The molecule has 0 radical (unpaired) electrons. The molecule has 1 aliphatic rings. The summed E-state index contributed by atoms with van der Waals surface area (Å²) >= 11 is 0. The van der Waals surface area contributed by atoms with E-state index in [4.69, 9.17) is 4.74 Å². The molecule has 0 aromatic heterocycles. The Morgan fingerprint density at radius 3 is 2.62 bits per heavy atom. The van der Waals surface area contributed by atoms with Gasteiger partial charge in [0, 0.05) is 17.8 Å². The molecule has 1 amide bonds. The molecule has 0 N–H and O–H groups in total. The van der Waals surface area contributed by atoms with Gasteiger partial charge in [-0.3, -0.25) is 9.10 Å². The van der Waals surface area contributed by atoms with Crippen molar-refractivity contribution in [3.63, 3.8) is 0 Å². The topological polar surface area (TPSA) is 66.9 Å². The van der Waals surface area contributed by atoms with Crippen molar-refractivity contribution in [2.45, 2.75) is 11.3 Å². The van der Waals surface area contributed by atoms with E-state index in [1.807, 2.05) is 24.3 Å². The van der Waals surface area contributed by atoms with Crippen LogP contribution in [0.3, 0.4) is 0 Å². The van der Waals surface area contributed by atoms with Gasteiger partial charge in [0.05, 0.1) is 24.2 Å². The molecule has 0 spiro atoms. The fourth-order valence-corrected chi connectivity index (χ4v) is 5.39. The van der Waals surface area contributed by atoms with Crippen molar-refractivity contribution in [3.8, 4) is 5.75 Å². The normalized spacial score (nSPS) is 12.8. The number of sulfonamides is 1. The molecule has 0 unspecified atom stereocenters. The fraction of sp³-hybridized carbons (Fsp3) is 0.160. The molecule has 0 saturated heterocycles. The molecule has 3 aromatic rings. The fourth-order valence-electron chi connectivity index (χ4n) is 3.90. The molecule has 0 bridgehead atoms. The van der Waals surface area contributed by atoms with Crippen molar-refractivity contribution in [1.82, 2.24) is 0 Å². The zero-order chi connectivity index (χ0) is 22.7. The van der Waals surface area contributed by atoms with Crippen LogP contribution in [0.2, 0.25) is 0 Å². The lowest BCUT2D eigenvalue weighted by Crippen LogP contribution is -2.32. The number of ether oxygens (including phenoxy) is 1. The summed E-state index contributed by atoms with van der Waals surface area (Å²) in [4.78, 5) is 15.0. The average Bonchev–Trinajstić information content (AvgIpc) is 3.26. The number of nitrogens with zero attached hydrogens (tertiary/aromatic N) is 2. The highest BCUT2D eigenvalue weighted by atomic mass is 32.2. The van der Waals surface area contributed by atoms with Gasteiger partial charge in [0.15, 0.2) is 0 Å². The Hall–Kier alpha value is -3.58. The Labute approximate surface area is 188 Å². The summed E-state index contributed by atoms with van der Waals surface area (Å²) in [7, 11) is -2.49. The van der Waals surface area contributed by atoms with Crippen LogP contribution in [-0.2, 0) is 16.4 Å². The van der Waals surface area contributed by atoms with Crippen LogP contribution in [0.4, 0.5) is 11.4 Å². The molecule has 0 fully saturated rings. The zero-order valence-corrected chi connectivity index (χ0v) is 18.6. The van der Waals surface area contributed by atoms with E-state index in [1.165, 1.54) is 29.6 Å².